The highest BCUT2D eigenvalue weighted by atomic mass is 35.5. The van der Waals surface area contributed by atoms with Crippen LogP contribution in [0.2, 0.25) is 5.28 Å². The third kappa shape index (κ3) is 3.67. The van der Waals surface area contributed by atoms with E-state index in [1.165, 1.54) is 6.33 Å². The van der Waals surface area contributed by atoms with Crippen LogP contribution in [0.5, 0.6) is 0 Å². The number of carbonyl (C=O) groups excluding carboxylic acids is 1. The lowest BCUT2D eigenvalue weighted by Gasteiger charge is -2.19. The van der Waals surface area contributed by atoms with Crippen molar-refractivity contribution in [2.75, 3.05) is 0 Å². The molecule has 3 heterocycles. The Morgan fingerprint density at radius 3 is 2.69 bits per heavy atom. The van der Waals surface area contributed by atoms with E-state index < -0.39 is 5.60 Å². The van der Waals surface area contributed by atoms with Crippen LogP contribution in [0.15, 0.2) is 30.6 Å². The average Bonchev–Trinajstić information content (AvgIpc) is 3.21. The number of aromatic nitrogens is 6. The minimum absolute atomic E-state index is 0.0272. The first-order valence-corrected chi connectivity index (χ1v) is 9.72. The zero-order valence-electron chi connectivity index (χ0n) is 16.7. The predicted octanol–water partition coefficient (Wildman–Crippen LogP) is 3.72. The van der Waals surface area contributed by atoms with Gasteiger partial charge in [-0.25, -0.2) is 9.67 Å². The fraction of sp³-hybridized carbons (Fsp3) is 0.350. The van der Waals surface area contributed by atoms with Crippen molar-refractivity contribution < 1.29 is 9.53 Å². The summed E-state index contributed by atoms with van der Waals surface area (Å²) < 4.78 is 8.73. The second-order valence-corrected chi connectivity index (χ2v) is 8.01. The number of benzene rings is 1. The van der Waals surface area contributed by atoms with E-state index in [1.54, 1.807) is 9.25 Å². The average molecular weight is 413 g/mol. The van der Waals surface area contributed by atoms with Gasteiger partial charge < -0.3 is 9.30 Å². The molecule has 0 spiro atoms. The quantitative estimate of drug-likeness (QED) is 0.375. The number of imidazole rings is 1. The number of nitrogens with zero attached hydrogens (tertiary/aromatic N) is 6. The number of esters is 1. The van der Waals surface area contributed by atoms with Crippen molar-refractivity contribution in [3.63, 3.8) is 0 Å². The maximum Gasteiger partial charge on any atom is 0.326 e. The summed E-state index contributed by atoms with van der Waals surface area (Å²) in [7, 11) is 0. The molecular formula is C20H21ClN6O2. The number of rotatable bonds is 4. The topological polar surface area (TPSA) is 87.7 Å². The van der Waals surface area contributed by atoms with Gasteiger partial charge in [0.1, 0.15) is 12.1 Å². The Kier molecular flexibility index (Phi) is 4.74. The fourth-order valence-corrected chi connectivity index (χ4v) is 3.39. The van der Waals surface area contributed by atoms with E-state index in [2.05, 4.69) is 21.9 Å². The molecule has 0 saturated carbocycles. The van der Waals surface area contributed by atoms with Gasteiger partial charge in [-0.3, -0.25) is 4.79 Å². The number of hydrogen-bond donors (Lipinski definition) is 0. The summed E-state index contributed by atoms with van der Waals surface area (Å²) in [6.45, 7) is 7.49. The van der Waals surface area contributed by atoms with E-state index in [0.29, 0.717) is 17.0 Å². The SMILES string of the molecule is CCc1nn(-c2nc(Cl)nc3c2ncn3CC(=O)OC(C)(C)C)c2ccccc12. The van der Waals surface area contributed by atoms with Gasteiger partial charge in [0.25, 0.3) is 0 Å². The van der Waals surface area contributed by atoms with Crippen molar-refractivity contribution in [2.45, 2.75) is 46.3 Å². The first kappa shape index (κ1) is 19.3. The molecule has 0 aliphatic heterocycles. The highest BCUT2D eigenvalue weighted by Gasteiger charge is 2.21. The molecule has 0 radical (unpaired) electrons. The molecule has 0 aliphatic rings. The molecule has 0 fully saturated rings. The standard InChI is InChI=1S/C20H21ClN6O2/c1-5-13-12-8-6-7-9-14(12)27(25-13)18-16-17(23-19(21)24-18)26(11-22-16)10-15(28)29-20(2,3)4/h6-9,11H,5,10H2,1-4H3. The molecule has 150 valence electrons. The molecule has 9 heteroatoms. The lowest BCUT2D eigenvalue weighted by atomic mass is 10.2. The van der Waals surface area contributed by atoms with Crippen LogP contribution >= 0.6 is 11.6 Å². The van der Waals surface area contributed by atoms with Crippen LogP contribution < -0.4 is 0 Å². The minimum Gasteiger partial charge on any atom is -0.459 e. The molecule has 0 saturated heterocycles. The van der Waals surface area contributed by atoms with Crippen molar-refractivity contribution in [3.8, 4) is 5.82 Å². The summed E-state index contributed by atoms with van der Waals surface area (Å²) in [4.78, 5) is 25.4. The third-order valence-corrected chi connectivity index (χ3v) is 4.51. The molecule has 8 nitrogen and oxygen atoms in total. The Morgan fingerprint density at radius 1 is 1.21 bits per heavy atom. The Labute approximate surface area is 172 Å². The number of halogens is 1. The van der Waals surface area contributed by atoms with Gasteiger partial charge >= 0.3 is 5.97 Å². The maximum atomic E-state index is 12.3. The second-order valence-electron chi connectivity index (χ2n) is 7.68. The van der Waals surface area contributed by atoms with E-state index in [1.807, 2.05) is 45.0 Å². The van der Waals surface area contributed by atoms with Crippen LogP contribution in [0.25, 0.3) is 27.9 Å². The van der Waals surface area contributed by atoms with Gasteiger partial charge in [-0.2, -0.15) is 15.1 Å². The zero-order chi connectivity index (χ0) is 20.8. The molecule has 29 heavy (non-hydrogen) atoms. The van der Waals surface area contributed by atoms with Crippen molar-refractivity contribution in [1.82, 2.24) is 29.3 Å². The molecule has 0 unspecified atom stereocenters. The lowest BCUT2D eigenvalue weighted by molar-refractivity contribution is -0.155. The Bertz CT molecular complexity index is 1220. The summed E-state index contributed by atoms with van der Waals surface area (Å²) >= 11 is 6.22. The molecule has 3 aromatic heterocycles. The maximum absolute atomic E-state index is 12.3. The summed E-state index contributed by atoms with van der Waals surface area (Å²) in [5, 5.41) is 5.81. The molecule has 4 aromatic rings. The second kappa shape index (κ2) is 7.11. The number of hydrogen-bond acceptors (Lipinski definition) is 6. The summed E-state index contributed by atoms with van der Waals surface area (Å²) in [6, 6.07) is 7.92. The smallest absolute Gasteiger partial charge is 0.326 e. The lowest BCUT2D eigenvalue weighted by Crippen LogP contribution is -2.26. The van der Waals surface area contributed by atoms with Crippen molar-refractivity contribution in [3.05, 3.63) is 41.6 Å². The van der Waals surface area contributed by atoms with Crippen LogP contribution in [-0.4, -0.2) is 40.9 Å². The van der Waals surface area contributed by atoms with Gasteiger partial charge in [0.15, 0.2) is 17.0 Å². The summed E-state index contributed by atoms with van der Waals surface area (Å²) in [6.07, 6.45) is 2.32. The highest BCUT2D eigenvalue weighted by molar-refractivity contribution is 6.28. The van der Waals surface area contributed by atoms with Crippen molar-refractivity contribution in [2.24, 2.45) is 0 Å². The molecule has 1 aromatic carbocycles. The first-order chi connectivity index (χ1) is 13.8. The van der Waals surface area contributed by atoms with Gasteiger partial charge in [0, 0.05) is 5.39 Å². The molecule has 0 atom stereocenters. The van der Waals surface area contributed by atoms with Crippen molar-refractivity contribution in [1.29, 1.82) is 0 Å². The first-order valence-electron chi connectivity index (χ1n) is 9.34. The molecule has 0 N–H and O–H groups in total. The zero-order valence-corrected chi connectivity index (χ0v) is 17.4. The van der Waals surface area contributed by atoms with E-state index in [0.717, 1.165) is 23.0 Å². The number of ether oxygens (including phenoxy) is 1. The highest BCUT2D eigenvalue weighted by Crippen LogP contribution is 2.26. The number of para-hydroxylation sites is 1. The Balaban J connectivity index is 1.84. The molecule has 0 amide bonds. The van der Waals surface area contributed by atoms with Crippen molar-refractivity contribution >= 4 is 39.6 Å². The Morgan fingerprint density at radius 2 is 1.97 bits per heavy atom. The van der Waals surface area contributed by atoms with Crippen LogP contribution in [0.3, 0.4) is 0 Å². The normalized spacial score (nSPS) is 12.0. The molecule has 0 aliphatic carbocycles. The molecule has 0 bridgehead atoms. The number of fused-ring (bicyclic) bond motifs is 2. The van der Waals surface area contributed by atoms with Crippen LogP contribution in [0.1, 0.15) is 33.4 Å². The molecular weight excluding hydrogens is 392 g/mol. The summed E-state index contributed by atoms with van der Waals surface area (Å²) in [5.41, 5.74) is 2.24. The van der Waals surface area contributed by atoms with Gasteiger partial charge in [0.2, 0.25) is 5.28 Å². The number of carbonyl (C=O) groups is 1. The van der Waals surface area contributed by atoms with E-state index in [9.17, 15) is 4.79 Å². The van der Waals surface area contributed by atoms with Gasteiger partial charge in [-0.05, 0) is 44.9 Å². The predicted molar refractivity (Wildman–Crippen MR) is 110 cm³/mol. The van der Waals surface area contributed by atoms with Crippen LogP contribution in [0.4, 0.5) is 0 Å². The summed E-state index contributed by atoms with van der Waals surface area (Å²) in [5.74, 6) is 0.0877. The van der Waals surface area contributed by atoms with Gasteiger partial charge in [-0.15, -0.1) is 0 Å². The van der Waals surface area contributed by atoms with E-state index >= 15 is 0 Å². The van der Waals surface area contributed by atoms with E-state index in [-0.39, 0.29) is 17.8 Å². The monoisotopic (exact) mass is 412 g/mol. The van der Waals surface area contributed by atoms with Crippen LogP contribution in [-0.2, 0) is 22.5 Å². The van der Waals surface area contributed by atoms with Gasteiger partial charge in [0.05, 0.1) is 17.5 Å². The largest absolute Gasteiger partial charge is 0.459 e. The fourth-order valence-electron chi connectivity index (χ4n) is 3.23. The van der Waals surface area contributed by atoms with E-state index in [4.69, 9.17) is 21.4 Å². The number of aryl methyl sites for hydroxylation is 1. The van der Waals surface area contributed by atoms with Gasteiger partial charge in [-0.1, -0.05) is 25.1 Å². The third-order valence-electron chi connectivity index (χ3n) is 4.34. The molecule has 4 rings (SSSR count). The van der Waals surface area contributed by atoms with Crippen LogP contribution in [0, 0.1) is 0 Å². The minimum atomic E-state index is -0.574. The Hall–Kier alpha value is -3.00.